The van der Waals surface area contributed by atoms with Crippen molar-refractivity contribution < 1.29 is 19.4 Å². The van der Waals surface area contributed by atoms with Crippen LogP contribution in [-0.2, 0) is 4.79 Å². The fourth-order valence-corrected chi connectivity index (χ4v) is 2.02. The van der Waals surface area contributed by atoms with Crippen molar-refractivity contribution in [3.63, 3.8) is 0 Å². The van der Waals surface area contributed by atoms with Gasteiger partial charge in [0.1, 0.15) is 5.75 Å². The summed E-state index contributed by atoms with van der Waals surface area (Å²) in [6.45, 7) is 3.08. The highest BCUT2D eigenvalue weighted by Crippen LogP contribution is 2.44. The molecule has 0 atom stereocenters. The lowest BCUT2D eigenvalue weighted by Gasteiger charge is -2.15. The van der Waals surface area contributed by atoms with E-state index in [9.17, 15) is 9.90 Å². The molecule has 0 saturated carbocycles. The Bertz CT molecular complexity index is 617. The van der Waals surface area contributed by atoms with Gasteiger partial charge in [-0.2, -0.15) is 0 Å². The topological polar surface area (TPSA) is 55.8 Å². The van der Waals surface area contributed by atoms with Gasteiger partial charge in [0.2, 0.25) is 0 Å². The number of phenols is 1. The van der Waals surface area contributed by atoms with Crippen molar-refractivity contribution in [1.82, 2.24) is 0 Å². The lowest BCUT2D eigenvalue weighted by molar-refractivity contribution is -0.131. The Morgan fingerprint density at radius 2 is 1.78 bits per heavy atom. The predicted molar refractivity (Wildman–Crippen MR) is 68.2 cm³/mol. The first-order valence-corrected chi connectivity index (χ1v) is 5.53. The second kappa shape index (κ2) is 4.56. The maximum Gasteiger partial charge on any atom is 0.308 e. The Morgan fingerprint density at radius 1 is 1.17 bits per heavy atom. The number of carbonyl (C=O) groups is 1. The summed E-state index contributed by atoms with van der Waals surface area (Å²) in [5.41, 5.74) is 0.601. The number of benzene rings is 2. The third-order valence-electron chi connectivity index (χ3n) is 2.77. The van der Waals surface area contributed by atoms with Gasteiger partial charge in [0.15, 0.2) is 11.5 Å². The molecule has 2 aromatic carbocycles. The van der Waals surface area contributed by atoms with Crippen molar-refractivity contribution >= 4 is 16.7 Å². The molecule has 0 aliphatic heterocycles. The molecular weight excluding hydrogens is 232 g/mol. The van der Waals surface area contributed by atoms with Gasteiger partial charge in [-0.15, -0.1) is 0 Å². The first-order chi connectivity index (χ1) is 8.56. The molecule has 0 heterocycles. The maximum absolute atomic E-state index is 11.2. The lowest BCUT2D eigenvalue weighted by Crippen LogP contribution is -2.04. The van der Waals surface area contributed by atoms with Crippen molar-refractivity contribution in [2.75, 3.05) is 7.11 Å². The van der Waals surface area contributed by atoms with Gasteiger partial charge >= 0.3 is 5.97 Å². The van der Waals surface area contributed by atoms with Crippen LogP contribution in [0.25, 0.3) is 10.8 Å². The minimum atomic E-state index is -0.406. The third kappa shape index (κ3) is 1.86. The number of aromatic hydroxyl groups is 1. The van der Waals surface area contributed by atoms with E-state index in [4.69, 9.17) is 9.47 Å². The largest absolute Gasteiger partial charge is 0.504 e. The summed E-state index contributed by atoms with van der Waals surface area (Å²) in [6.07, 6.45) is 0. The molecule has 0 spiro atoms. The Hall–Kier alpha value is -2.23. The van der Waals surface area contributed by atoms with Crippen molar-refractivity contribution in [1.29, 1.82) is 0 Å². The first kappa shape index (κ1) is 12.2. The van der Waals surface area contributed by atoms with E-state index >= 15 is 0 Å². The van der Waals surface area contributed by atoms with Gasteiger partial charge in [-0.25, -0.2) is 0 Å². The van der Waals surface area contributed by atoms with Crippen LogP contribution in [0.3, 0.4) is 0 Å². The molecule has 0 aliphatic rings. The number of phenolic OH excluding ortho intramolecular Hbond substituents is 1. The van der Waals surface area contributed by atoms with Crippen molar-refractivity contribution in [2.24, 2.45) is 0 Å². The van der Waals surface area contributed by atoms with Crippen molar-refractivity contribution in [3.8, 4) is 17.2 Å². The van der Waals surface area contributed by atoms with Gasteiger partial charge in [-0.3, -0.25) is 4.79 Å². The smallest absolute Gasteiger partial charge is 0.308 e. The van der Waals surface area contributed by atoms with Crippen LogP contribution in [0.5, 0.6) is 17.2 Å². The predicted octanol–water partition coefficient (Wildman–Crippen LogP) is 2.79. The van der Waals surface area contributed by atoms with E-state index in [1.165, 1.54) is 14.0 Å². The second-order valence-corrected chi connectivity index (χ2v) is 3.98. The summed E-state index contributed by atoms with van der Waals surface area (Å²) in [5.74, 6) is 0.398. The van der Waals surface area contributed by atoms with Gasteiger partial charge in [0, 0.05) is 23.3 Å². The minimum absolute atomic E-state index is 0.0569. The number of fused-ring (bicyclic) bond motifs is 1. The number of hydrogen-bond acceptors (Lipinski definition) is 4. The summed E-state index contributed by atoms with van der Waals surface area (Å²) >= 11 is 0. The lowest BCUT2D eigenvalue weighted by atomic mass is 10.0. The highest BCUT2D eigenvalue weighted by molar-refractivity contribution is 5.98. The average Bonchev–Trinajstić information content (AvgIpc) is 2.35. The third-order valence-corrected chi connectivity index (χ3v) is 2.77. The highest BCUT2D eigenvalue weighted by atomic mass is 16.5. The molecule has 0 fully saturated rings. The Balaban J connectivity index is 2.85. The highest BCUT2D eigenvalue weighted by Gasteiger charge is 2.18. The zero-order chi connectivity index (χ0) is 13.3. The molecule has 0 unspecified atom stereocenters. The Kier molecular flexibility index (Phi) is 3.10. The van der Waals surface area contributed by atoms with E-state index in [0.29, 0.717) is 27.8 Å². The van der Waals surface area contributed by atoms with Gasteiger partial charge in [-0.1, -0.05) is 24.3 Å². The van der Waals surface area contributed by atoms with E-state index in [2.05, 4.69) is 0 Å². The van der Waals surface area contributed by atoms with Crippen LogP contribution in [-0.4, -0.2) is 18.2 Å². The zero-order valence-electron chi connectivity index (χ0n) is 10.5. The number of esters is 1. The van der Waals surface area contributed by atoms with E-state index < -0.39 is 5.97 Å². The van der Waals surface area contributed by atoms with Crippen LogP contribution >= 0.6 is 0 Å². The van der Waals surface area contributed by atoms with Crippen molar-refractivity contribution in [3.05, 3.63) is 29.8 Å². The van der Waals surface area contributed by atoms with Crippen LogP contribution in [0.1, 0.15) is 12.5 Å². The van der Waals surface area contributed by atoms with Crippen LogP contribution in [0.15, 0.2) is 24.3 Å². The molecule has 2 rings (SSSR count). The van der Waals surface area contributed by atoms with Gasteiger partial charge < -0.3 is 14.6 Å². The molecule has 0 aromatic heterocycles. The van der Waals surface area contributed by atoms with Crippen LogP contribution in [0.2, 0.25) is 0 Å². The van der Waals surface area contributed by atoms with Crippen molar-refractivity contribution in [2.45, 2.75) is 13.8 Å². The van der Waals surface area contributed by atoms with Crippen LogP contribution in [0, 0.1) is 6.92 Å². The number of methoxy groups -OCH3 is 1. The molecule has 4 nitrogen and oxygen atoms in total. The molecule has 0 amide bonds. The number of rotatable bonds is 2. The molecular formula is C14H14O4. The normalized spacial score (nSPS) is 10.4. The zero-order valence-corrected chi connectivity index (χ0v) is 10.5. The molecule has 2 aromatic rings. The minimum Gasteiger partial charge on any atom is -0.504 e. The molecule has 18 heavy (non-hydrogen) atoms. The van der Waals surface area contributed by atoms with E-state index in [0.717, 1.165) is 0 Å². The number of carbonyl (C=O) groups excluding carboxylic acids is 1. The summed E-state index contributed by atoms with van der Waals surface area (Å²) in [5, 5.41) is 11.4. The molecule has 0 radical (unpaired) electrons. The Morgan fingerprint density at radius 3 is 2.33 bits per heavy atom. The fourth-order valence-electron chi connectivity index (χ4n) is 2.02. The number of ether oxygens (including phenoxy) is 2. The average molecular weight is 246 g/mol. The molecule has 0 saturated heterocycles. The summed E-state index contributed by atoms with van der Waals surface area (Å²) in [6, 6.07) is 7.16. The van der Waals surface area contributed by atoms with Crippen LogP contribution < -0.4 is 9.47 Å². The monoisotopic (exact) mass is 246 g/mol. The summed E-state index contributed by atoms with van der Waals surface area (Å²) in [4.78, 5) is 11.2. The van der Waals surface area contributed by atoms with E-state index in [1.807, 2.05) is 6.07 Å². The molecule has 0 bridgehead atoms. The van der Waals surface area contributed by atoms with Crippen LogP contribution in [0.4, 0.5) is 0 Å². The molecule has 1 N–H and O–H groups in total. The number of hydrogen-bond donors (Lipinski definition) is 1. The first-order valence-electron chi connectivity index (χ1n) is 5.53. The van der Waals surface area contributed by atoms with Gasteiger partial charge in [-0.05, 0) is 6.92 Å². The standard InChI is InChI=1S/C14H14O4/c1-8-13(18-9(2)15)11-7-5-4-6-10(11)12(16)14(8)17-3/h4-7,16H,1-3H3. The maximum atomic E-state index is 11.2. The van der Waals surface area contributed by atoms with E-state index in [1.54, 1.807) is 25.1 Å². The fraction of sp³-hybridized carbons (Fsp3) is 0.214. The molecule has 0 aliphatic carbocycles. The summed E-state index contributed by atoms with van der Waals surface area (Å²) in [7, 11) is 1.47. The van der Waals surface area contributed by atoms with E-state index in [-0.39, 0.29) is 5.75 Å². The quantitative estimate of drug-likeness (QED) is 0.654. The Labute approximate surface area is 105 Å². The molecule has 94 valence electrons. The molecule has 4 heteroatoms. The second-order valence-electron chi connectivity index (χ2n) is 3.98. The summed E-state index contributed by atoms with van der Waals surface area (Å²) < 4.78 is 10.4. The van der Waals surface area contributed by atoms with Gasteiger partial charge in [0.05, 0.1) is 7.11 Å². The SMILES string of the molecule is COc1c(C)c(OC(C)=O)c2ccccc2c1O. The van der Waals surface area contributed by atoms with Gasteiger partial charge in [0.25, 0.3) is 0 Å².